The third-order valence-electron chi connectivity index (χ3n) is 7.62. The molecular weight excluding hydrogens is 606 g/mol. The quantitative estimate of drug-likeness (QED) is 0.343. The first-order chi connectivity index (χ1) is 21.7. The van der Waals surface area contributed by atoms with Gasteiger partial charge in [-0.2, -0.15) is 0 Å². The van der Waals surface area contributed by atoms with Gasteiger partial charge in [-0.15, -0.1) is 0 Å². The molecule has 13 heteroatoms. The van der Waals surface area contributed by atoms with E-state index in [1.807, 2.05) is 0 Å². The number of furan rings is 1. The van der Waals surface area contributed by atoms with Crippen LogP contribution in [0.3, 0.4) is 0 Å². The van der Waals surface area contributed by atoms with E-state index in [-0.39, 0.29) is 49.2 Å². The monoisotopic (exact) mass is 635 g/mol. The van der Waals surface area contributed by atoms with E-state index in [1.165, 1.54) is 27.4 Å². The van der Waals surface area contributed by atoms with Crippen LogP contribution >= 0.6 is 11.6 Å². The summed E-state index contributed by atoms with van der Waals surface area (Å²) >= 11 is 6.21. The number of nitrogens with one attached hydrogen (secondary N) is 2. The van der Waals surface area contributed by atoms with Gasteiger partial charge in [0.15, 0.2) is 23.7 Å². The number of hydrogen-bond donors (Lipinski definition) is 2. The average Bonchev–Trinajstić information content (AvgIpc) is 3.65. The molecule has 12 nitrogen and oxygen atoms in total. The Morgan fingerprint density at radius 2 is 1.76 bits per heavy atom. The Labute approximate surface area is 263 Å². The number of carbonyl (C=O) groups excluding carboxylic acids is 3. The van der Waals surface area contributed by atoms with Crippen LogP contribution in [0.2, 0.25) is 5.02 Å². The van der Waals surface area contributed by atoms with E-state index < -0.39 is 24.0 Å². The summed E-state index contributed by atoms with van der Waals surface area (Å²) in [5.41, 5.74) is 1.36. The molecule has 1 aromatic heterocycles. The van der Waals surface area contributed by atoms with Gasteiger partial charge in [0, 0.05) is 52.8 Å². The number of amides is 3. The lowest BCUT2D eigenvalue weighted by atomic mass is 10.1. The van der Waals surface area contributed by atoms with Crippen molar-refractivity contribution in [3.05, 3.63) is 76.5 Å². The Balaban J connectivity index is 1.34. The number of benzene rings is 3. The molecule has 7 rings (SSSR count). The lowest BCUT2D eigenvalue weighted by molar-refractivity contribution is -0.123. The fourth-order valence-corrected chi connectivity index (χ4v) is 5.58. The smallest absolute Gasteiger partial charge is 0.289 e. The zero-order valence-corrected chi connectivity index (χ0v) is 25.4. The molecule has 2 atom stereocenters. The number of nitrogens with zero attached hydrogens (tertiary/aromatic N) is 1. The summed E-state index contributed by atoms with van der Waals surface area (Å²) in [6.07, 6.45) is -0.640. The van der Waals surface area contributed by atoms with Crippen molar-refractivity contribution < 1.29 is 42.5 Å². The van der Waals surface area contributed by atoms with Crippen LogP contribution in [0.25, 0.3) is 11.0 Å². The lowest BCUT2D eigenvalue weighted by Crippen LogP contribution is -2.45. The molecule has 0 saturated carbocycles. The van der Waals surface area contributed by atoms with Crippen LogP contribution in [0.1, 0.15) is 26.5 Å². The van der Waals surface area contributed by atoms with Crippen molar-refractivity contribution in [2.75, 3.05) is 41.0 Å². The second-order valence-corrected chi connectivity index (χ2v) is 11.0. The van der Waals surface area contributed by atoms with Crippen molar-refractivity contribution in [2.24, 2.45) is 0 Å². The molecule has 45 heavy (non-hydrogen) atoms. The first-order valence-electron chi connectivity index (χ1n) is 14.0. The first-order valence-corrected chi connectivity index (χ1v) is 14.4. The molecule has 1 saturated heterocycles. The number of hydrogen-bond acceptors (Lipinski definition) is 9. The number of likely N-dealkylation sites (tertiary alicyclic amines) is 1. The standard InChI is InChI=1S/C32H30ClN3O9/c1-40-22-7-19-8-23(11-22)43-16-29(37)34-13-17-4-5-21(12-25(17)41-2)44-28-15-36(14-24(28)35-31(19)38)32(39)27-9-18-6-20(33)10-26(42-3)30(18)45-27/h4-12,24,28H,13-16H2,1-3H3,(H,34,37)(H,35,38)/t24-,28-/m0/s1. The van der Waals surface area contributed by atoms with Crippen LogP contribution in [-0.2, 0) is 11.3 Å². The first kappa shape index (κ1) is 29.9. The van der Waals surface area contributed by atoms with E-state index >= 15 is 0 Å². The van der Waals surface area contributed by atoms with Crippen molar-refractivity contribution in [3.63, 3.8) is 0 Å². The summed E-state index contributed by atoms with van der Waals surface area (Å²) in [5, 5.41) is 6.86. The number of ether oxygens (including phenoxy) is 5. The third kappa shape index (κ3) is 6.27. The molecule has 2 N–H and O–H groups in total. The SMILES string of the molecule is COc1cc2cc(c1)C(=O)N[C@H]1CN(C(=O)c3cc4cc(Cl)cc(OC)c4o3)C[C@@H]1Oc1ccc(c(OC)c1)CNC(=O)CO2. The van der Waals surface area contributed by atoms with Crippen LogP contribution < -0.4 is 34.3 Å². The Morgan fingerprint density at radius 1 is 0.933 bits per heavy atom. The minimum atomic E-state index is -0.640. The van der Waals surface area contributed by atoms with E-state index in [2.05, 4.69) is 10.6 Å². The molecule has 0 spiro atoms. The molecule has 4 aromatic rings. The molecule has 0 aliphatic carbocycles. The molecule has 0 radical (unpaired) electrons. The van der Waals surface area contributed by atoms with Gasteiger partial charge < -0.3 is 43.6 Å². The molecule has 4 heterocycles. The largest absolute Gasteiger partial charge is 0.497 e. The van der Waals surface area contributed by atoms with E-state index in [0.29, 0.717) is 39.0 Å². The van der Waals surface area contributed by atoms with Crippen LogP contribution in [0.4, 0.5) is 0 Å². The minimum Gasteiger partial charge on any atom is -0.497 e. The summed E-state index contributed by atoms with van der Waals surface area (Å²) in [4.78, 5) is 41.3. The Kier molecular flexibility index (Phi) is 8.31. The predicted molar refractivity (Wildman–Crippen MR) is 163 cm³/mol. The second-order valence-electron chi connectivity index (χ2n) is 10.5. The van der Waals surface area contributed by atoms with Crippen molar-refractivity contribution in [3.8, 4) is 28.7 Å². The maximum Gasteiger partial charge on any atom is 0.289 e. The molecule has 3 aromatic carbocycles. The molecule has 3 aliphatic heterocycles. The highest BCUT2D eigenvalue weighted by atomic mass is 35.5. The highest BCUT2D eigenvalue weighted by Gasteiger charge is 2.39. The van der Waals surface area contributed by atoms with Crippen molar-refractivity contribution in [1.29, 1.82) is 0 Å². The number of halogens is 1. The fourth-order valence-electron chi connectivity index (χ4n) is 5.37. The fraction of sp³-hybridized carbons (Fsp3) is 0.281. The van der Waals surface area contributed by atoms with Gasteiger partial charge in [0.1, 0.15) is 29.1 Å². The van der Waals surface area contributed by atoms with Crippen molar-refractivity contribution >= 4 is 40.3 Å². The number of rotatable bonds is 4. The topological polar surface area (TPSA) is 138 Å². The molecule has 3 amide bonds. The zero-order valence-electron chi connectivity index (χ0n) is 24.7. The van der Waals surface area contributed by atoms with Crippen molar-refractivity contribution in [1.82, 2.24) is 15.5 Å². The van der Waals surface area contributed by atoms with Gasteiger partial charge in [0.25, 0.3) is 17.7 Å². The van der Waals surface area contributed by atoms with Gasteiger partial charge in [-0.1, -0.05) is 11.6 Å². The van der Waals surface area contributed by atoms with Crippen LogP contribution in [0, 0.1) is 0 Å². The lowest BCUT2D eigenvalue weighted by Gasteiger charge is -2.22. The van der Waals surface area contributed by atoms with Gasteiger partial charge >= 0.3 is 0 Å². The molecule has 3 aliphatic rings. The van der Waals surface area contributed by atoms with E-state index in [9.17, 15) is 14.4 Å². The zero-order chi connectivity index (χ0) is 31.7. The maximum atomic E-state index is 13.7. The molecule has 0 unspecified atom stereocenters. The van der Waals surface area contributed by atoms with Gasteiger partial charge in [-0.05, 0) is 36.4 Å². The highest BCUT2D eigenvalue weighted by molar-refractivity contribution is 6.31. The highest BCUT2D eigenvalue weighted by Crippen LogP contribution is 2.34. The van der Waals surface area contributed by atoms with Gasteiger partial charge in [0.2, 0.25) is 0 Å². The molecular formula is C32H30ClN3O9. The summed E-state index contributed by atoms with van der Waals surface area (Å²) in [7, 11) is 4.48. The number of carbonyl (C=O) groups is 3. The normalized spacial score (nSPS) is 18.3. The Hall–Kier alpha value is -5.10. The molecule has 234 valence electrons. The summed E-state index contributed by atoms with van der Waals surface area (Å²) in [6, 6.07) is 14.2. The van der Waals surface area contributed by atoms with E-state index in [1.54, 1.807) is 53.4 Å². The number of methoxy groups -OCH3 is 3. The summed E-state index contributed by atoms with van der Waals surface area (Å²) in [6.45, 7) is 0.187. The van der Waals surface area contributed by atoms with Crippen LogP contribution in [0.15, 0.2) is 59.0 Å². The molecule has 4 bridgehead atoms. The van der Waals surface area contributed by atoms with Gasteiger partial charge in [-0.25, -0.2) is 0 Å². The maximum absolute atomic E-state index is 13.7. The minimum absolute atomic E-state index is 0.0911. The number of fused-ring (bicyclic) bond motifs is 8. The third-order valence-corrected chi connectivity index (χ3v) is 7.84. The van der Waals surface area contributed by atoms with Crippen molar-refractivity contribution in [2.45, 2.75) is 18.7 Å². The van der Waals surface area contributed by atoms with Crippen LogP contribution in [-0.4, -0.2) is 75.8 Å². The molecule has 1 fully saturated rings. The average molecular weight is 636 g/mol. The van der Waals surface area contributed by atoms with E-state index in [4.69, 9.17) is 39.7 Å². The Morgan fingerprint density at radius 3 is 2.53 bits per heavy atom. The summed E-state index contributed by atoms with van der Waals surface area (Å²) < 4.78 is 34.3. The second kappa shape index (κ2) is 12.5. The van der Waals surface area contributed by atoms with E-state index in [0.717, 1.165) is 5.56 Å². The van der Waals surface area contributed by atoms with Crippen LogP contribution in [0.5, 0.6) is 28.7 Å². The van der Waals surface area contributed by atoms with Gasteiger partial charge in [0.05, 0.1) is 33.9 Å². The van der Waals surface area contributed by atoms with Gasteiger partial charge in [-0.3, -0.25) is 14.4 Å². The predicted octanol–water partition coefficient (Wildman–Crippen LogP) is 3.82. The summed E-state index contributed by atoms with van der Waals surface area (Å²) in [5.74, 6) is 0.896. The Bertz CT molecular complexity index is 1790.